The first-order valence-corrected chi connectivity index (χ1v) is 13.4. The van der Waals surface area contributed by atoms with E-state index in [1.54, 1.807) is 0 Å². The summed E-state index contributed by atoms with van der Waals surface area (Å²) < 4.78 is 97.2. The molecular formula is C25H21F3O6S2. The second-order valence-electron chi connectivity index (χ2n) is 7.70. The Hall–Kier alpha value is -3.44. The number of hydrogen-bond acceptors (Lipinski definition) is 6. The summed E-state index contributed by atoms with van der Waals surface area (Å²) >= 11 is 0. The zero-order valence-electron chi connectivity index (χ0n) is 18.8. The largest absolute Gasteiger partial charge is 0.466 e. The zero-order chi connectivity index (χ0) is 26.7. The summed E-state index contributed by atoms with van der Waals surface area (Å²) in [7, 11) is -8.53. The Morgan fingerprint density at radius 3 is 1.56 bits per heavy atom. The predicted molar refractivity (Wildman–Crippen MR) is 126 cm³/mol. The Morgan fingerprint density at radius 1 is 0.778 bits per heavy atom. The molecule has 190 valence electrons. The summed E-state index contributed by atoms with van der Waals surface area (Å²) in [6, 6.07) is 16.6. The van der Waals surface area contributed by atoms with E-state index in [1.807, 2.05) is 0 Å². The van der Waals surface area contributed by atoms with E-state index < -0.39 is 53.5 Å². The monoisotopic (exact) mass is 538 g/mol. The maximum absolute atomic E-state index is 13.9. The number of esters is 1. The molecule has 0 heterocycles. The van der Waals surface area contributed by atoms with Gasteiger partial charge < -0.3 is 4.74 Å². The molecule has 0 aliphatic rings. The number of hydrogen-bond donors (Lipinski definition) is 0. The van der Waals surface area contributed by atoms with Crippen molar-refractivity contribution in [2.24, 2.45) is 0 Å². The zero-order valence-corrected chi connectivity index (χ0v) is 20.5. The SMILES string of the molecule is C=C(C(=O)OC)C(c1ccc(C(F)(F)F)cc1)C(S(=O)(=O)c1ccccc1)S(=O)(=O)c1ccccc1. The highest BCUT2D eigenvalue weighted by Gasteiger charge is 2.48. The Bertz CT molecular complexity index is 1380. The molecule has 11 heteroatoms. The van der Waals surface area contributed by atoms with Gasteiger partial charge in [-0.3, -0.25) is 0 Å². The number of ether oxygens (including phenoxy) is 1. The number of carbonyl (C=O) groups excluding carboxylic acids is 1. The molecule has 0 saturated carbocycles. The van der Waals surface area contributed by atoms with Crippen LogP contribution >= 0.6 is 0 Å². The molecule has 0 fully saturated rings. The van der Waals surface area contributed by atoms with Gasteiger partial charge in [0.25, 0.3) is 0 Å². The average Bonchev–Trinajstić information content (AvgIpc) is 2.86. The van der Waals surface area contributed by atoms with E-state index in [0.29, 0.717) is 12.1 Å². The van der Waals surface area contributed by atoms with Gasteiger partial charge in [0.2, 0.25) is 0 Å². The molecule has 0 saturated heterocycles. The van der Waals surface area contributed by atoms with Crippen LogP contribution in [0.15, 0.2) is 107 Å². The molecule has 3 rings (SSSR count). The number of alkyl halides is 3. The number of sulfone groups is 2. The van der Waals surface area contributed by atoms with Crippen molar-refractivity contribution in [1.29, 1.82) is 0 Å². The number of rotatable bonds is 8. The van der Waals surface area contributed by atoms with Crippen LogP contribution in [0.3, 0.4) is 0 Å². The van der Waals surface area contributed by atoms with Crippen molar-refractivity contribution >= 4 is 25.6 Å². The molecule has 6 nitrogen and oxygen atoms in total. The lowest BCUT2D eigenvalue weighted by Crippen LogP contribution is -2.38. The van der Waals surface area contributed by atoms with Crippen molar-refractivity contribution in [3.63, 3.8) is 0 Å². The van der Waals surface area contributed by atoms with Crippen molar-refractivity contribution in [3.8, 4) is 0 Å². The van der Waals surface area contributed by atoms with Crippen LogP contribution in [-0.2, 0) is 35.4 Å². The van der Waals surface area contributed by atoms with Gasteiger partial charge in [-0.2, -0.15) is 13.2 Å². The third kappa shape index (κ3) is 5.36. The molecule has 0 radical (unpaired) electrons. The second kappa shape index (κ2) is 10.3. The van der Waals surface area contributed by atoms with Crippen molar-refractivity contribution < 1.29 is 39.5 Å². The van der Waals surface area contributed by atoms with Gasteiger partial charge in [-0.1, -0.05) is 55.1 Å². The molecule has 36 heavy (non-hydrogen) atoms. The number of benzene rings is 3. The highest BCUT2D eigenvalue weighted by molar-refractivity contribution is 8.09. The molecule has 0 aromatic heterocycles. The third-order valence-electron chi connectivity index (χ3n) is 5.45. The minimum absolute atomic E-state index is 0.178. The maximum atomic E-state index is 13.9. The van der Waals surface area contributed by atoms with E-state index in [-0.39, 0.29) is 15.4 Å². The maximum Gasteiger partial charge on any atom is 0.416 e. The van der Waals surface area contributed by atoms with Crippen LogP contribution < -0.4 is 0 Å². The van der Waals surface area contributed by atoms with Gasteiger partial charge in [0.15, 0.2) is 24.3 Å². The third-order valence-corrected chi connectivity index (χ3v) is 10.6. The van der Waals surface area contributed by atoms with Crippen LogP contribution in [0.2, 0.25) is 0 Å². The van der Waals surface area contributed by atoms with Gasteiger partial charge >= 0.3 is 12.1 Å². The van der Waals surface area contributed by atoms with Gasteiger partial charge in [-0.25, -0.2) is 21.6 Å². The summed E-state index contributed by atoms with van der Waals surface area (Å²) in [6.07, 6.45) is -4.70. The molecule has 3 aromatic rings. The van der Waals surface area contributed by atoms with Crippen LogP contribution in [0.1, 0.15) is 17.0 Å². The normalized spacial score (nSPS) is 13.2. The lowest BCUT2D eigenvalue weighted by Gasteiger charge is -2.28. The average molecular weight is 539 g/mol. The second-order valence-corrected chi connectivity index (χ2v) is 12.1. The minimum Gasteiger partial charge on any atom is -0.466 e. The summed E-state index contributed by atoms with van der Waals surface area (Å²) in [6.45, 7) is 3.58. The van der Waals surface area contributed by atoms with Crippen LogP contribution in [0, 0.1) is 0 Å². The Balaban J connectivity index is 2.36. The number of halogens is 3. The van der Waals surface area contributed by atoms with Crippen molar-refractivity contribution in [3.05, 3.63) is 108 Å². The summed E-state index contributed by atoms with van der Waals surface area (Å²) in [5, 5.41) is 0. The van der Waals surface area contributed by atoms with Gasteiger partial charge in [0.1, 0.15) is 0 Å². The molecule has 0 aliphatic carbocycles. The molecule has 0 amide bonds. The summed E-state index contributed by atoms with van der Waals surface area (Å²) in [4.78, 5) is 11.8. The topological polar surface area (TPSA) is 94.6 Å². The van der Waals surface area contributed by atoms with Crippen molar-refractivity contribution in [1.82, 2.24) is 0 Å². The van der Waals surface area contributed by atoms with Crippen molar-refractivity contribution in [2.45, 2.75) is 26.5 Å². The molecule has 1 unspecified atom stereocenters. The fourth-order valence-corrected chi connectivity index (χ4v) is 8.64. The number of methoxy groups -OCH3 is 1. The lowest BCUT2D eigenvalue weighted by molar-refractivity contribution is -0.138. The highest BCUT2D eigenvalue weighted by Crippen LogP contribution is 2.41. The molecular weight excluding hydrogens is 517 g/mol. The Morgan fingerprint density at radius 2 is 1.19 bits per heavy atom. The lowest BCUT2D eigenvalue weighted by atomic mass is 9.92. The first-order chi connectivity index (χ1) is 16.8. The molecule has 0 aliphatic heterocycles. The number of carbonyl (C=O) groups is 1. The fourth-order valence-electron chi connectivity index (χ4n) is 3.67. The van der Waals surface area contributed by atoms with Gasteiger partial charge in [0, 0.05) is 11.5 Å². The van der Waals surface area contributed by atoms with Gasteiger partial charge in [-0.05, 0) is 42.0 Å². The first-order valence-electron chi connectivity index (χ1n) is 10.3. The van der Waals surface area contributed by atoms with Crippen LogP contribution in [0.25, 0.3) is 0 Å². The van der Waals surface area contributed by atoms with Crippen molar-refractivity contribution in [2.75, 3.05) is 7.11 Å². The predicted octanol–water partition coefficient (Wildman–Crippen LogP) is 4.79. The van der Waals surface area contributed by atoms with Crippen LogP contribution in [-0.4, -0.2) is 34.5 Å². The summed E-state index contributed by atoms with van der Waals surface area (Å²) in [5.74, 6) is -2.91. The van der Waals surface area contributed by atoms with Gasteiger partial charge in [0.05, 0.1) is 22.5 Å². The summed E-state index contributed by atoms with van der Waals surface area (Å²) in [5.41, 5.74) is -1.77. The fraction of sp³-hybridized carbons (Fsp3) is 0.160. The Labute approximate surface area is 206 Å². The van der Waals surface area contributed by atoms with E-state index in [4.69, 9.17) is 0 Å². The first kappa shape index (κ1) is 27.2. The standard InChI is InChI=1S/C25H21F3O6S2/c1-17(23(29)34-2)22(18-13-15-19(16-14-18)25(26,27)28)24(35(30,31)20-9-5-3-6-10-20)36(32,33)21-11-7-4-8-12-21/h3-16,22,24H,1H2,2H3. The molecule has 3 aromatic carbocycles. The molecule has 1 atom stereocenters. The minimum atomic E-state index is -4.76. The van der Waals surface area contributed by atoms with Crippen LogP contribution in [0.5, 0.6) is 0 Å². The van der Waals surface area contributed by atoms with Crippen LogP contribution in [0.4, 0.5) is 13.2 Å². The van der Waals surface area contributed by atoms with E-state index in [1.165, 1.54) is 60.7 Å². The van der Waals surface area contributed by atoms with E-state index >= 15 is 0 Å². The molecule has 0 spiro atoms. The quantitative estimate of drug-likeness (QED) is 0.302. The van der Waals surface area contributed by atoms with E-state index in [2.05, 4.69) is 11.3 Å². The van der Waals surface area contributed by atoms with E-state index in [0.717, 1.165) is 19.2 Å². The highest BCUT2D eigenvalue weighted by atomic mass is 32.3. The molecule has 0 N–H and O–H groups in total. The smallest absolute Gasteiger partial charge is 0.416 e. The molecule has 0 bridgehead atoms. The van der Waals surface area contributed by atoms with E-state index in [9.17, 15) is 34.8 Å². The Kier molecular flexibility index (Phi) is 7.75. The van der Waals surface area contributed by atoms with Gasteiger partial charge in [-0.15, -0.1) is 0 Å².